The summed E-state index contributed by atoms with van der Waals surface area (Å²) in [6, 6.07) is 4.38. The van der Waals surface area contributed by atoms with Crippen molar-refractivity contribution in [1.82, 2.24) is 10.2 Å². The molecule has 0 bridgehead atoms. The number of halogens is 3. The van der Waals surface area contributed by atoms with Crippen molar-refractivity contribution < 1.29 is 27.4 Å². The van der Waals surface area contributed by atoms with Crippen LogP contribution in [0.2, 0.25) is 0 Å². The van der Waals surface area contributed by atoms with Crippen molar-refractivity contribution in [2.75, 3.05) is 0 Å². The van der Waals surface area contributed by atoms with Crippen LogP contribution in [-0.2, 0) is 0 Å². The lowest BCUT2D eigenvalue weighted by atomic mass is 10.1. The number of alkyl halides is 3. The molecule has 6 nitrogen and oxygen atoms in total. The van der Waals surface area contributed by atoms with Gasteiger partial charge in [-0.15, -0.1) is 23.4 Å². The molecule has 9 heteroatoms. The Hall–Kier alpha value is -2.13. The topological polar surface area (TPSA) is 94.4 Å². The lowest BCUT2D eigenvalue weighted by Gasteiger charge is -2.12. The Balaban J connectivity index is 2.14. The van der Waals surface area contributed by atoms with Crippen LogP contribution in [0.4, 0.5) is 13.2 Å². The van der Waals surface area contributed by atoms with Crippen LogP contribution in [-0.4, -0.2) is 27.7 Å². The average molecular weight is 317 g/mol. The Morgan fingerprint density at radius 3 is 2.45 bits per heavy atom. The molecule has 2 rings (SSSR count). The van der Waals surface area contributed by atoms with Crippen molar-refractivity contribution >= 4 is 0 Å². The normalized spacial score (nSPS) is 14.6. The zero-order chi connectivity index (χ0) is 16.3. The third kappa shape index (κ3) is 3.95. The Bertz CT molecular complexity index is 613. The second-order valence-electron chi connectivity index (χ2n) is 4.53. The van der Waals surface area contributed by atoms with Gasteiger partial charge >= 0.3 is 6.36 Å². The number of aliphatic hydroxyl groups is 1. The van der Waals surface area contributed by atoms with E-state index in [4.69, 9.17) is 10.2 Å². The molecular weight excluding hydrogens is 303 g/mol. The molecule has 3 N–H and O–H groups in total. The number of benzene rings is 1. The quantitative estimate of drug-likeness (QED) is 0.879. The first-order valence-corrected chi connectivity index (χ1v) is 6.43. The van der Waals surface area contributed by atoms with Gasteiger partial charge in [-0.2, -0.15) is 0 Å². The van der Waals surface area contributed by atoms with E-state index < -0.39 is 18.5 Å². The summed E-state index contributed by atoms with van der Waals surface area (Å²) in [5.41, 5.74) is 6.07. The van der Waals surface area contributed by atoms with Crippen LogP contribution in [0.5, 0.6) is 5.75 Å². The van der Waals surface area contributed by atoms with Gasteiger partial charge < -0.3 is 20.0 Å². The fourth-order valence-corrected chi connectivity index (χ4v) is 1.68. The van der Waals surface area contributed by atoms with Crippen molar-refractivity contribution in [3.63, 3.8) is 0 Å². The van der Waals surface area contributed by atoms with Crippen LogP contribution in [0.3, 0.4) is 0 Å². The molecule has 0 saturated heterocycles. The van der Waals surface area contributed by atoms with E-state index in [1.807, 2.05) is 0 Å². The molecule has 0 aliphatic carbocycles. The van der Waals surface area contributed by atoms with Crippen LogP contribution in [0.1, 0.15) is 25.3 Å². The molecule has 0 spiro atoms. The third-order valence-electron chi connectivity index (χ3n) is 2.91. The Labute approximate surface area is 123 Å². The van der Waals surface area contributed by atoms with E-state index >= 15 is 0 Å². The van der Waals surface area contributed by atoms with E-state index in [0.717, 1.165) is 12.1 Å². The fourth-order valence-electron chi connectivity index (χ4n) is 1.68. The van der Waals surface area contributed by atoms with Gasteiger partial charge in [0.25, 0.3) is 0 Å². The molecule has 120 valence electrons. The van der Waals surface area contributed by atoms with Gasteiger partial charge in [0.1, 0.15) is 11.9 Å². The second-order valence-corrected chi connectivity index (χ2v) is 4.53. The lowest BCUT2D eigenvalue weighted by molar-refractivity contribution is -0.274. The zero-order valence-electron chi connectivity index (χ0n) is 11.5. The minimum atomic E-state index is -4.75. The Morgan fingerprint density at radius 1 is 1.27 bits per heavy atom. The predicted molar refractivity (Wildman–Crippen MR) is 69.6 cm³/mol. The van der Waals surface area contributed by atoms with E-state index in [-0.39, 0.29) is 17.5 Å². The van der Waals surface area contributed by atoms with Crippen molar-refractivity contribution in [3.05, 3.63) is 30.2 Å². The molecule has 22 heavy (non-hydrogen) atoms. The minimum Gasteiger partial charge on any atom is -0.418 e. The van der Waals surface area contributed by atoms with E-state index in [1.165, 1.54) is 12.1 Å². The molecule has 0 radical (unpaired) electrons. The van der Waals surface area contributed by atoms with E-state index in [9.17, 15) is 18.3 Å². The third-order valence-corrected chi connectivity index (χ3v) is 2.91. The molecule has 0 aliphatic heterocycles. The van der Waals surface area contributed by atoms with Crippen LogP contribution in [0, 0.1) is 0 Å². The monoisotopic (exact) mass is 317 g/mol. The molecule has 0 aliphatic rings. The van der Waals surface area contributed by atoms with Gasteiger partial charge in [0, 0.05) is 11.6 Å². The molecule has 1 aromatic carbocycles. The van der Waals surface area contributed by atoms with Gasteiger partial charge in [-0.1, -0.05) is 6.92 Å². The fraction of sp³-hybridized carbons (Fsp3) is 0.385. The standard InChI is InChI=1S/C13H14F3N3O3/c1-2-9(17)10(20)12-19-18-11(21-12)7-3-5-8(6-4-7)22-13(14,15)16/h3-6,9-10,20H,2,17H2,1H3/t9?,10-/m0/s1. The first kappa shape index (κ1) is 16.2. The number of hydrogen-bond donors (Lipinski definition) is 2. The predicted octanol–water partition coefficient (Wildman–Crippen LogP) is 2.41. The van der Waals surface area contributed by atoms with E-state index in [2.05, 4.69) is 14.9 Å². The summed E-state index contributed by atoms with van der Waals surface area (Å²) in [7, 11) is 0. The van der Waals surface area contributed by atoms with Crippen molar-refractivity contribution in [1.29, 1.82) is 0 Å². The van der Waals surface area contributed by atoms with Crippen LogP contribution in [0.25, 0.3) is 11.5 Å². The molecule has 1 unspecified atom stereocenters. The number of nitrogens with zero attached hydrogens (tertiary/aromatic N) is 2. The highest BCUT2D eigenvalue weighted by molar-refractivity contribution is 5.54. The minimum absolute atomic E-state index is 0.0417. The van der Waals surface area contributed by atoms with Crippen LogP contribution < -0.4 is 10.5 Å². The number of aromatic nitrogens is 2. The summed E-state index contributed by atoms with van der Waals surface area (Å²) in [5.74, 6) is -0.333. The molecule has 2 atom stereocenters. The van der Waals surface area contributed by atoms with Crippen molar-refractivity contribution in [3.8, 4) is 17.2 Å². The highest BCUT2D eigenvalue weighted by Gasteiger charge is 2.31. The number of nitrogens with two attached hydrogens (primary N) is 1. The average Bonchev–Trinajstić information content (AvgIpc) is 2.94. The number of rotatable bonds is 5. The van der Waals surface area contributed by atoms with Crippen molar-refractivity contribution in [2.24, 2.45) is 5.73 Å². The van der Waals surface area contributed by atoms with Gasteiger partial charge in [0.05, 0.1) is 0 Å². The largest absolute Gasteiger partial charge is 0.573 e. The highest BCUT2D eigenvalue weighted by Crippen LogP contribution is 2.27. The van der Waals surface area contributed by atoms with Gasteiger partial charge in [0.2, 0.25) is 11.8 Å². The molecule has 2 aromatic rings. The summed E-state index contributed by atoms with van der Waals surface area (Å²) >= 11 is 0. The maximum Gasteiger partial charge on any atom is 0.573 e. The summed E-state index contributed by atoms with van der Waals surface area (Å²) in [6.07, 6.45) is -5.33. The van der Waals surface area contributed by atoms with E-state index in [0.29, 0.717) is 12.0 Å². The van der Waals surface area contributed by atoms with Gasteiger partial charge in [-0.3, -0.25) is 0 Å². The van der Waals surface area contributed by atoms with Crippen molar-refractivity contribution in [2.45, 2.75) is 31.9 Å². The molecular formula is C13H14F3N3O3. The van der Waals surface area contributed by atoms with Gasteiger partial charge in [-0.05, 0) is 30.7 Å². The molecule has 0 amide bonds. The smallest absolute Gasteiger partial charge is 0.418 e. The molecule has 0 fully saturated rings. The molecule has 1 aromatic heterocycles. The zero-order valence-corrected chi connectivity index (χ0v) is 11.5. The first-order chi connectivity index (χ1) is 10.3. The molecule has 1 heterocycles. The second kappa shape index (κ2) is 6.32. The lowest BCUT2D eigenvalue weighted by Crippen LogP contribution is -2.27. The highest BCUT2D eigenvalue weighted by atomic mass is 19.4. The SMILES string of the molecule is CCC(N)[C@H](O)c1nnc(-c2ccc(OC(F)(F)F)cc2)o1. The molecule has 0 saturated carbocycles. The van der Waals surface area contributed by atoms with Gasteiger partial charge in [0.15, 0.2) is 0 Å². The van der Waals surface area contributed by atoms with Gasteiger partial charge in [-0.25, -0.2) is 0 Å². The van der Waals surface area contributed by atoms with E-state index in [1.54, 1.807) is 6.92 Å². The Morgan fingerprint density at radius 2 is 1.91 bits per heavy atom. The van der Waals surface area contributed by atoms with Crippen LogP contribution >= 0.6 is 0 Å². The summed E-state index contributed by atoms with van der Waals surface area (Å²) in [6.45, 7) is 1.80. The summed E-state index contributed by atoms with van der Waals surface area (Å²) in [4.78, 5) is 0. The number of hydrogen-bond acceptors (Lipinski definition) is 6. The number of ether oxygens (including phenoxy) is 1. The summed E-state index contributed by atoms with van der Waals surface area (Å²) < 4.78 is 45.2. The first-order valence-electron chi connectivity index (χ1n) is 6.43. The Kier molecular flexibility index (Phi) is 4.67. The summed E-state index contributed by atoms with van der Waals surface area (Å²) in [5, 5.41) is 17.3. The number of aliphatic hydroxyl groups excluding tert-OH is 1. The van der Waals surface area contributed by atoms with Crippen LogP contribution in [0.15, 0.2) is 28.7 Å². The maximum absolute atomic E-state index is 12.1. The maximum atomic E-state index is 12.1.